The van der Waals surface area contributed by atoms with Crippen molar-refractivity contribution in [3.05, 3.63) is 93.5 Å². The second kappa shape index (κ2) is 8.84. The fourth-order valence-electron chi connectivity index (χ4n) is 4.90. The first kappa shape index (κ1) is 22.4. The van der Waals surface area contributed by atoms with Gasteiger partial charge in [0.25, 0.3) is 5.56 Å². The second-order valence-electron chi connectivity index (χ2n) is 9.12. The van der Waals surface area contributed by atoms with Crippen LogP contribution in [0, 0.1) is 0 Å². The zero-order chi connectivity index (χ0) is 24.8. The minimum Gasteiger partial charge on any atom is -0.487 e. The number of amides is 1. The molecule has 3 N–H and O–H groups in total. The molecule has 0 fully saturated rings. The van der Waals surface area contributed by atoms with Gasteiger partial charge >= 0.3 is 0 Å². The van der Waals surface area contributed by atoms with Gasteiger partial charge in [-0.2, -0.15) is 5.10 Å². The molecule has 36 heavy (non-hydrogen) atoms. The summed E-state index contributed by atoms with van der Waals surface area (Å²) in [6.07, 6.45) is 2.34. The summed E-state index contributed by atoms with van der Waals surface area (Å²) < 4.78 is 6.32. The fraction of sp³-hybridized carbons (Fsp3) is 0.179. The molecule has 1 aliphatic heterocycles. The molecule has 1 amide bonds. The van der Waals surface area contributed by atoms with Crippen LogP contribution in [0.3, 0.4) is 0 Å². The van der Waals surface area contributed by atoms with Gasteiger partial charge in [-0.3, -0.25) is 9.59 Å². The van der Waals surface area contributed by atoms with Crippen LogP contribution in [0.25, 0.3) is 32.8 Å². The number of nitrogens with zero attached hydrogens (tertiary/aromatic N) is 1. The van der Waals surface area contributed by atoms with Crippen LogP contribution in [0.15, 0.2) is 71.7 Å². The lowest BCUT2D eigenvalue weighted by Gasteiger charge is -2.17. The molecule has 3 heterocycles. The quantitative estimate of drug-likeness (QED) is 0.319. The van der Waals surface area contributed by atoms with Gasteiger partial charge in [0.05, 0.1) is 23.5 Å². The van der Waals surface area contributed by atoms with E-state index in [2.05, 4.69) is 26.6 Å². The van der Waals surface area contributed by atoms with E-state index < -0.39 is 5.92 Å². The van der Waals surface area contributed by atoms with Gasteiger partial charge in [-0.05, 0) is 54.3 Å². The third-order valence-electron chi connectivity index (χ3n) is 6.76. The Morgan fingerprint density at radius 2 is 2.00 bits per heavy atom. The van der Waals surface area contributed by atoms with Gasteiger partial charge in [0.1, 0.15) is 11.9 Å². The van der Waals surface area contributed by atoms with Gasteiger partial charge in [0, 0.05) is 39.7 Å². The number of carbonyl (C=O) groups excluding carboxylic acids is 1. The van der Waals surface area contributed by atoms with Crippen molar-refractivity contribution in [1.82, 2.24) is 20.5 Å². The van der Waals surface area contributed by atoms with Gasteiger partial charge in [0.2, 0.25) is 5.91 Å². The first-order chi connectivity index (χ1) is 17.5. The van der Waals surface area contributed by atoms with Crippen molar-refractivity contribution in [1.29, 1.82) is 0 Å². The predicted octanol–water partition coefficient (Wildman–Crippen LogP) is 4.95. The van der Waals surface area contributed by atoms with E-state index in [0.29, 0.717) is 34.5 Å². The molecule has 5 aromatic rings. The lowest BCUT2D eigenvalue weighted by atomic mass is 9.99. The Labute approximate surface area is 211 Å². The number of nitrogens with one attached hydrogen (secondary N) is 3. The molecule has 7 nitrogen and oxygen atoms in total. The fourth-order valence-corrected chi connectivity index (χ4v) is 5.14. The minimum atomic E-state index is -0.548. The summed E-state index contributed by atoms with van der Waals surface area (Å²) in [5.41, 5.74) is 4.31. The molecular weight excluding hydrogens is 476 g/mol. The first-order valence-corrected chi connectivity index (χ1v) is 12.2. The molecule has 0 radical (unpaired) electrons. The van der Waals surface area contributed by atoms with Gasteiger partial charge < -0.3 is 15.0 Å². The lowest BCUT2D eigenvalue weighted by molar-refractivity contribution is -0.122. The van der Waals surface area contributed by atoms with E-state index in [1.165, 1.54) is 0 Å². The summed E-state index contributed by atoms with van der Waals surface area (Å²) in [5, 5.41) is 12.6. The molecule has 1 aliphatic rings. The van der Waals surface area contributed by atoms with Gasteiger partial charge in [0.15, 0.2) is 0 Å². The number of halogens is 1. The molecule has 8 heteroatoms. The van der Waals surface area contributed by atoms with Crippen molar-refractivity contribution in [3.63, 3.8) is 0 Å². The average molecular weight is 499 g/mol. The maximum atomic E-state index is 13.0. The lowest BCUT2D eigenvalue weighted by Crippen LogP contribution is -2.37. The SMILES string of the molecule is C[C@@H](C(=O)NC[C@H]1Cc2cc(Cl)cc(-c3ccc4[nH]ccc4c3)c2O1)c1n[nH]c(=O)c2ccccc12. The molecule has 0 bridgehead atoms. The molecule has 2 atom stereocenters. The minimum absolute atomic E-state index is 0.185. The van der Waals surface area contributed by atoms with Crippen LogP contribution in [0.5, 0.6) is 5.75 Å². The molecule has 0 saturated carbocycles. The van der Waals surface area contributed by atoms with Crippen LogP contribution in [0.4, 0.5) is 0 Å². The highest BCUT2D eigenvalue weighted by atomic mass is 35.5. The molecule has 180 valence electrons. The zero-order valence-electron chi connectivity index (χ0n) is 19.5. The van der Waals surface area contributed by atoms with E-state index in [0.717, 1.165) is 33.3 Å². The number of benzene rings is 3. The Balaban J connectivity index is 1.20. The summed E-state index contributed by atoms with van der Waals surface area (Å²) >= 11 is 6.46. The summed E-state index contributed by atoms with van der Waals surface area (Å²) in [4.78, 5) is 28.3. The summed E-state index contributed by atoms with van der Waals surface area (Å²) in [5.74, 6) is 0.0684. The average Bonchev–Trinajstić information content (AvgIpc) is 3.53. The molecule has 6 rings (SSSR count). The Hall–Kier alpha value is -4.10. The predicted molar refractivity (Wildman–Crippen MR) is 141 cm³/mol. The molecular formula is C28H23ClN4O3. The van der Waals surface area contributed by atoms with Crippen molar-refractivity contribution < 1.29 is 9.53 Å². The van der Waals surface area contributed by atoms with Crippen LogP contribution in [0.2, 0.25) is 5.02 Å². The van der Waals surface area contributed by atoms with E-state index in [4.69, 9.17) is 16.3 Å². The topological polar surface area (TPSA) is 99.9 Å². The van der Waals surface area contributed by atoms with Gasteiger partial charge in [-0.15, -0.1) is 0 Å². The van der Waals surface area contributed by atoms with Crippen LogP contribution >= 0.6 is 11.6 Å². The van der Waals surface area contributed by atoms with E-state index in [9.17, 15) is 9.59 Å². The van der Waals surface area contributed by atoms with Crippen LogP contribution in [0.1, 0.15) is 24.1 Å². The standard InChI is InChI=1S/C28H23ClN4O3/c1-15(25-21-4-2-3-5-22(21)28(35)33-32-25)27(34)31-14-20-12-18-11-19(29)13-23(26(18)36-20)16-6-7-24-17(10-16)8-9-30-24/h2-11,13,15,20,30H,12,14H2,1H3,(H,31,34)(H,33,35)/t15-,20-/m1/s1. The van der Waals surface area contributed by atoms with E-state index >= 15 is 0 Å². The maximum absolute atomic E-state index is 13.0. The monoisotopic (exact) mass is 498 g/mol. The number of aromatic nitrogens is 3. The number of H-pyrrole nitrogens is 2. The summed E-state index contributed by atoms with van der Waals surface area (Å²) in [7, 11) is 0. The molecule has 2 aromatic heterocycles. The Bertz CT molecular complexity index is 1690. The van der Waals surface area contributed by atoms with Crippen LogP contribution < -0.4 is 15.6 Å². The number of rotatable bonds is 5. The number of carbonyl (C=O) groups is 1. The maximum Gasteiger partial charge on any atom is 0.272 e. The highest BCUT2D eigenvalue weighted by Gasteiger charge is 2.28. The summed E-state index contributed by atoms with van der Waals surface area (Å²) in [6, 6.07) is 19.2. The van der Waals surface area contributed by atoms with Crippen molar-refractivity contribution >= 4 is 39.2 Å². The normalized spacial score (nSPS) is 15.6. The number of fused-ring (bicyclic) bond motifs is 3. The third-order valence-corrected chi connectivity index (χ3v) is 6.98. The third kappa shape index (κ3) is 3.91. The summed E-state index contributed by atoms with van der Waals surface area (Å²) in [6.45, 7) is 2.12. The van der Waals surface area contributed by atoms with Crippen LogP contribution in [-0.2, 0) is 11.2 Å². The largest absolute Gasteiger partial charge is 0.487 e. The van der Waals surface area contributed by atoms with Crippen molar-refractivity contribution in [2.75, 3.05) is 6.54 Å². The number of aromatic amines is 2. The van der Waals surface area contributed by atoms with Crippen LogP contribution in [-0.4, -0.2) is 33.7 Å². The highest BCUT2D eigenvalue weighted by Crippen LogP contribution is 2.41. The van der Waals surface area contributed by atoms with Gasteiger partial charge in [-0.1, -0.05) is 35.9 Å². The number of ether oxygens (including phenoxy) is 1. The van der Waals surface area contributed by atoms with E-state index in [1.54, 1.807) is 19.1 Å². The molecule has 0 aliphatic carbocycles. The van der Waals surface area contributed by atoms with Crippen molar-refractivity contribution in [2.24, 2.45) is 0 Å². The molecule has 0 spiro atoms. The Morgan fingerprint density at radius 3 is 2.86 bits per heavy atom. The molecule has 0 unspecified atom stereocenters. The first-order valence-electron chi connectivity index (χ1n) is 11.8. The van der Waals surface area contributed by atoms with E-state index in [1.807, 2.05) is 48.7 Å². The highest BCUT2D eigenvalue weighted by molar-refractivity contribution is 6.31. The molecule has 0 saturated heterocycles. The molecule has 3 aromatic carbocycles. The number of hydrogen-bond donors (Lipinski definition) is 3. The van der Waals surface area contributed by atoms with Gasteiger partial charge in [-0.25, -0.2) is 5.10 Å². The number of hydrogen-bond acceptors (Lipinski definition) is 4. The smallest absolute Gasteiger partial charge is 0.272 e. The zero-order valence-corrected chi connectivity index (χ0v) is 20.2. The van der Waals surface area contributed by atoms with Crippen molar-refractivity contribution in [2.45, 2.75) is 25.4 Å². The van der Waals surface area contributed by atoms with E-state index in [-0.39, 0.29) is 17.6 Å². The Morgan fingerprint density at radius 1 is 1.17 bits per heavy atom. The second-order valence-corrected chi connectivity index (χ2v) is 9.55. The van der Waals surface area contributed by atoms with Crippen molar-refractivity contribution in [3.8, 4) is 16.9 Å². The Kier molecular flexibility index (Phi) is 5.49.